The van der Waals surface area contributed by atoms with Gasteiger partial charge in [-0.15, -0.1) is 0 Å². The number of rotatable bonds is 11. The van der Waals surface area contributed by atoms with Gasteiger partial charge in [0.1, 0.15) is 18.6 Å². The normalized spacial score (nSPS) is 14.3. The van der Waals surface area contributed by atoms with E-state index in [0.717, 1.165) is 16.0 Å². The van der Waals surface area contributed by atoms with Crippen LogP contribution in [0.1, 0.15) is 35.2 Å². The molecule has 0 radical (unpaired) electrons. The van der Waals surface area contributed by atoms with Gasteiger partial charge in [-0.05, 0) is 52.6 Å². The molecule has 9 nitrogen and oxygen atoms in total. The fourth-order valence-corrected chi connectivity index (χ4v) is 4.36. The zero-order chi connectivity index (χ0) is 27.2. The summed E-state index contributed by atoms with van der Waals surface area (Å²) < 4.78 is 27.4. The Balaban J connectivity index is 1.20. The van der Waals surface area contributed by atoms with Crippen LogP contribution in [0.3, 0.4) is 0 Å². The van der Waals surface area contributed by atoms with E-state index in [1.54, 1.807) is 26.5 Å². The molecule has 1 aliphatic rings. The number of ether oxygens (including phenoxy) is 4. The van der Waals surface area contributed by atoms with E-state index in [9.17, 15) is 9.59 Å². The number of amides is 2. The first-order valence-electron chi connectivity index (χ1n) is 12.5. The number of hydrogen-bond donors (Lipinski definition) is 0. The molecule has 3 aromatic carbocycles. The average Bonchev–Trinajstić information content (AvgIpc) is 3.56. The van der Waals surface area contributed by atoms with Gasteiger partial charge in [0, 0.05) is 19.7 Å². The van der Waals surface area contributed by atoms with Gasteiger partial charge in [0.25, 0.3) is 5.91 Å². The largest absolute Gasteiger partial charge is 0.493 e. The third kappa shape index (κ3) is 6.10. The van der Waals surface area contributed by atoms with Gasteiger partial charge in [-0.2, -0.15) is 0 Å². The zero-order valence-electron chi connectivity index (χ0n) is 21.7. The van der Waals surface area contributed by atoms with E-state index >= 15 is 0 Å². The van der Waals surface area contributed by atoms with Crippen LogP contribution in [0, 0.1) is 0 Å². The molecule has 2 amide bonds. The topological polar surface area (TPSA) is 100 Å². The van der Waals surface area contributed by atoms with Crippen molar-refractivity contribution in [2.24, 2.45) is 0 Å². The van der Waals surface area contributed by atoms with Gasteiger partial charge < -0.3 is 23.4 Å². The average molecular weight is 529 g/mol. The van der Waals surface area contributed by atoms with Gasteiger partial charge in [0.15, 0.2) is 18.1 Å². The molecule has 4 aromatic rings. The smallest absolute Gasteiger partial charge is 0.417 e. The number of carbonyl (C=O) groups excluding carboxylic acids is 2. The Labute approximate surface area is 225 Å². The van der Waals surface area contributed by atoms with E-state index in [2.05, 4.69) is 35.3 Å². The van der Waals surface area contributed by atoms with E-state index in [-0.39, 0.29) is 31.8 Å². The lowest BCUT2D eigenvalue weighted by atomic mass is 10.1. The molecule has 0 N–H and O–H groups in total. The minimum atomic E-state index is -0.628. The molecule has 1 saturated heterocycles. The Morgan fingerprint density at radius 2 is 1.85 bits per heavy atom. The molecule has 0 bridgehead atoms. The minimum Gasteiger partial charge on any atom is -0.493 e. The summed E-state index contributed by atoms with van der Waals surface area (Å²) in [6.07, 6.45) is 4.77. The number of nitrogens with zero attached hydrogens (tertiary/aromatic N) is 2. The van der Waals surface area contributed by atoms with Gasteiger partial charge in [0.05, 0.1) is 13.2 Å². The summed E-state index contributed by atoms with van der Waals surface area (Å²) in [5.74, 6) is 1.18. The molecule has 0 spiro atoms. The summed E-state index contributed by atoms with van der Waals surface area (Å²) >= 11 is 0. The Morgan fingerprint density at radius 3 is 2.62 bits per heavy atom. The number of fused-ring (bicyclic) bond motifs is 1. The first kappa shape index (κ1) is 26.0. The van der Waals surface area contributed by atoms with Gasteiger partial charge in [-0.1, -0.05) is 42.5 Å². The lowest BCUT2D eigenvalue weighted by Gasteiger charge is -2.20. The summed E-state index contributed by atoms with van der Waals surface area (Å²) in [6, 6.07) is 19.9. The molecule has 1 fully saturated rings. The van der Waals surface area contributed by atoms with Crippen LogP contribution in [0.25, 0.3) is 22.9 Å². The first-order valence-corrected chi connectivity index (χ1v) is 12.5. The van der Waals surface area contributed by atoms with Crippen molar-refractivity contribution in [1.82, 2.24) is 9.88 Å². The Kier molecular flexibility index (Phi) is 7.88. The van der Waals surface area contributed by atoms with Gasteiger partial charge >= 0.3 is 6.09 Å². The monoisotopic (exact) mass is 528 g/mol. The molecule has 0 aliphatic carbocycles. The minimum absolute atomic E-state index is 0.190. The molecular weight excluding hydrogens is 500 g/mol. The molecule has 5 rings (SSSR count). The lowest BCUT2D eigenvalue weighted by Crippen LogP contribution is -2.31. The summed E-state index contributed by atoms with van der Waals surface area (Å²) in [5.41, 5.74) is 2.51. The van der Waals surface area contributed by atoms with Crippen molar-refractivity contribution in [1.29, 1.82) is 0 Å². The predicted octanol–water partition coefficient (Wildman–Crippen LogP) is 5.64. The van der Waals surface area contributed by atoms with Crippen LogP contribution in [0.4, 0.5) is 4.79 Å². The zero-order valence-corrected chi connectivity index (χ0v) is 21.7. The first-order chi connectivity index (χ1) is 19.0. The number of benzene rings is 3. The van der Waals surface area contributed by atoms with Crippen LogP contribution in [0.15, 0.2) is 71.3 Å². The number of cyclic esters (lactones) is 1. The maximum Gasteiger partial charge on any atom is 0.417 e. The van der Waals surface area contributed by atoms with Crippen LogP contribution in [-0.2, 0) is 20.9 Å². The number of methoxy groups -OCH3 is 2. The molecule has 0 saturated carbocycles. The van der Waals surface area contributed by atoms with Crippen molar-refractivity contribution in [2.45, 2.75) is 19.1 Å². The van der Waals surface area contributed by atoms with Crippen LogP contribution < -0.4 is 9.47 Å². The highest BCUT2D eigenvalue weighted by Crippen LogP contribution is 2.33. The van der Waals surface area contributed by atoms with E-state index in [4.69, 9.17) is 23.4 Å². The lowest BCUT2D eigenvalue weighted by molar-refractivity contribution is -0.126. The molecule has 39 heavy (non-hydrogen) atoms. The highest BCUT2D eigenvalue weighted by Gasteiger charge is 2.31. The van der Waals surface area contributed by atoms with Crippen molar-refractivity contribution in [3.8, 4) is 11.5 Å². The maximum absolute atomic E-state index is 11.8. The maximum atomic E-state index is 11.8. The Hall–Kier alpha value is -4.63. The van der Waals surface area contributed by atoms with Crippen LogP contribution in [-0.4, -0.2) is 49.3 Å². The fraction of sp³-hybridized carbons (Fsp3) is 0.233. The van der Waals surface area contributed by atoms with Crippen molar-refractivity contribution in [3.63, 3.8) is 0 Å². The fourth-order valence-electron chi connectivity index (χ4n) is 4.36. The van der Waals surface area contributed by atoms with Crippen molar-refractivity contribution in [3.05, 3.63) is 89.6 Å². The molecule has 1 atom stereocenters. The van der Waals surface area contributed by atoms with Gasteiger partial charge in [-0.3, -0.25) is 4.79 Å². The standard InChI is InChI=1S/C30H28N2O7/c1-35-25(13-14-32-29(33)19-39-30(32)34)23-10-11-26(27(16-23)36-2)37-17-24-18-38-28(31-24)12-8-20-7-9-21-5-3-4-6-22(21)15-20/h3-12,15-16,18,25H,13-14,17,19H2,1-2H3/b12-8+. The summed E-state index contributed by atoms with van der Waals surface area (Å²) in [5, 5.41) is 2.36. The third-order valence-corrected chi connectivity index (χ3v) is 6.44. The van der Waals surface area contributed by atoms with Crippen molar-refractivity contribution < 1.29 is 33.0 Å². The van der Waals surface area contributed by atoms with E-state index < -0.39 is 6.09 Å². The molecule has 1 aromatic heterocycles. The van der Waals surface area contributed by atoms with E-state index in [0.29, 0.717) is 29.5 Å². The van der Waals surface area contributed by atoms with Crippen LogP contribution in [0.5, 0.6) is 11.5 Å². The van der Waals surface area contributed by atoms with Gasteiger partial charge in [-0.25, -0.2) is 14.7 Å². The second-order valence-electron chi connectivity index (χ2n) is 8.93. The molecule has 200 valence electrons. The second-order valence-corrected chi connectivity index (χ2v) is 8.93. The summed E-state index contributed by atoms with van der Waals surface area (Å²) in [7, 11) is 3.13. The predicted molar refractivity (Wildman–Crippen MR) is 144 cm³/mol. The third-order valence-electron chi connectivity index (χ3n) is 6.44. The number of aromatic nitrogens is 1. The number of hydrogen-bond acceptors (Lipinski definition) is 8. The van der Waals surface area contributed by atoms with Crippen molar-refractivity contribution >= 4 is 34.9 Å². The molecular formula is C30H28N2O7. The molecule has 1 aliphatic heterocycles. The van der Waals surface area contributed by atoms with Gasteiger partial charge in [0.2, 0.25) is 5.89 Å². The van der Waals surface area contributed by atoms with E-state index in [1.165, 1.54) is 10.8 Å². The number of imide groups is 1. The number of oxazole rings is 1. The molecule has 9 heteroatoms. The SMILES string of the molecule is COc1cc(C(CCN2C(=O)COC2=O)OC)ccc1OCc1coc(/C=C/c2ccc3ccccc3c2)n1. The van der Waals surface area contributed by atoms with Crippen LogP contribution >= 0.6 is 0 Å². The summed E-state index contributed by atoms with van der Waals surface area (Å²) in [6.45, 7) is 0.167. The molecule has 2 heterocycles. The second kappa shape index (κ2) is 11.8. The highest BCUT2D eigenvalue weighted by atomic mass is 16.6. The number of carbonyl (C=O) groups is 2. The summed E-state index contributed by atoms with van der Waals surface area (Å²) in [4.78, 5) is 29.1. The quantitative estimate of drug-likeness (QED) is 0.247. The highest BCUT2D eigenvalue weighted by molar-refractivity contribution is 5.97. The van der Waals surface area contributed by atoms with E-state index in [1.807, 2.05) is 36.4 Å². The van der Waals surface area contributed by atoms with Crippen molar-refractivity contribution in [2.75, 3.05) is 27.4 Å². The Morgan fingerprint density at radius 1 is 1.00 bits per heavy atom. The molecule has 1 unspecified atom stereocenters. The van der Waals surface area contributed by atoms with Crippen LogP contribution in [0.2, 0.25) is 0 Å². The Bertz CT molecular complexity index is 1490.